The number of hydrogen-bond donors (Lipinski definition) is 1. The molecule has 0 amide bonds. The van der Waals surface area contributed by atoms with Gasteiger partial charge in [0.15, 0.2) is 0 Å². The minimum Gasteiger partial charge on any atom is -0.369 e. The summed E-state index contributed by atoms with van der Waals surface area (Å²) in [6.07, 6.45) is -0.981. The van der Waals surface area contributed by atoms with Crippen molar-refractivity contribution in [2.24, 2.45) is 5.92 Å². The minimum absolute atomic E-state index is 0.361. The van der Waals surface area contributed by atoms with Gasteiger partial charge in [0.1, 0.15) is 5.69 Å². The van der Waals surface area contributed by atoms with Crippen molar-refractivity contribution < 1.29 is 13.2 Å². The van der Waals surface area contributed by atoms with E-state index in [2.05, 4.69) is 29.0 Å². The zero-order chi connectivity index (χ0) is 15.5. The summed E-state index contributed by atoms with van der Waals surface area (Å²) >= 11 is 0. The summed E-state index contributed by atoms with van der Waals surface area (Å²) in [4.78, 5) is 5.69. The smallest absolute Gasteiger partial charge is 0.369 e. The minimum atomic E-state index is -4.38. The van der Waals surface area contributed by atoms with Crippen molar-refractivity contribution in [3.8, 4) is 0 Å². The molecule has 2 heterocycles. The molecule has 0 aliphatic carbocycles. The Bertz CT molecular complexity index is 444. The lowest BCUT2D eigenvalue weighted by atomic mass is 9.99. The number of pyridine rings is 1. The Labute approximate surface area is 123 Å². The van der Waals surface area contributed by atoms with Crippen molar-refractivity contribution >= 4 is 5.69 Å². The molecule has 1 fully saturated rings. The van der Waals surface area contributed by atoms with Gasteiger partial charge < -0.3 is 10.2 Å². The maximum absolute atomic E-state index is 12.6. The van der Waals surface area contributed by atoms with Crippen LogP contribution in [0.15, 0.2) is 18.3 Å². The Morgan fingerprint density at radius 2 is 2.19 bits per heavy atom. The van der Waals surface area contributed by atoms with Gasteiger partial charge in [-0.15, -0.1) is 0 Å². The molecule has 21 heavy (non-hydrogen) atoms. The molecule has 3 nitrogen and oxygen atoms in total. The standard InChI is InChI=1S/C15H22F3N3/c1-3-11(2)13-10-21(8-4-7-19-13)12-5-6-14(20-9-12)15(16,17)18/h5-6,9,11,13,19H,3-4,7-8,10H2,1-2H3. The summed E-state index contributed by atoms with van der Waals surface area (Å²) in [5, 5.41) is 3.53. The van der Waals surface area contributed by atoms with Crippen LogP contribution in [-0.2, 0) is 6.18 Å². The third-order valence-electron chi connectivity index (χ3n) is 4.16. The third kappa shape index (κ3) is 4.09. The zero-order valence-electron chi connectivity index (χ0n) is 12.5. The lowest BCUT2D eigenvalue weighted by molar-refractivity contribution is -0.141. The molecule has 1 aromatic rings. The van der Waals surface area contributed by atoms with Crippen molar-refractivity contribution in [1.29, 1.82) is 0 Å². The molecule has 6 heteroatoms. The van der Waals surface area contributed by atoms with E-state index in [1.807, 2.05) is 0 Å². The van der Waals surface area contributed by atoms with Crippen LogP contribution >= 0.6 is 0 Å². The van der Waals surface area contributed by atoms with Crippen LogP contribution in [0.5, 0.6) is 0 Å². The van der Waals surface area contributed by atoms with E-state index in [-0.39, 0.29) is 0 Å². The van der Waals surface area contributed by atoms with Gasteiger partial charge in [-0.1, -0.05) is 20.3 Å². The molecule has 0 bridgehead atoms. The van der Waals surface area contributed by atoms with Gasteiger partial charge in [0.25, 0.3) is 0 Å². The Balaban J connectivity index is 2.12. The van der Waals surface area contributed by atoms with Gasteiger partial charge in [-0.25, -0.2) is 4.98 Å². The maximum Gasteiger partial charge on any atom is 0.433 e. The third-order valence-corrected chi connectivity index (χ3v) is 4.16. The molecule has 0 spiro atoms. The number of alkyl halides is 3. The van der Waals surface area contributed by atoms with E-state index in [1.54, 1.807) is 0 Å². The van der Waals surface area contributed by atoms with Gasteiger partial charge >= 0.3 is 6.18 Å². The first-order chi connectivity index (χ1) is 9.91. The fraction of sp³-hybridized carbons (Fsp3) is 0.667. The number of anilines is 1. The molecule has 1 aliphatic heterocycles. The molecule has 0 aromatic carbocycles. The zero-order valence-corrected chi connectivity index (χ0v) is 12.5. The highest BCUT2D eigenvalue weighted by Gasteiger charge is 2.32. The predicted molar refractivity (Wildman–Crippen MR) is 77.3 cm³/mol. The molecule has 1 N–H and O–H groups in total. The second kappa shape index (κ2) is 6.64. The molecule has 118 valence electrons. The molecular formula is C15H22F3N3. The Morgan fingerprint density at radius 1 is 1.43 bits per heavy atom. The van der Waals surface area contributed by atoms with Crippen molar-refractivity contribution in [3.63, 3.8) is 0 Å². The lowest BCUT2D eigenvalue weighted by Crippen LogP contribution is -2.42. The summed E-state index contributed by atoms with van der Waals surface area (Å²) in [5.74, 6) is 0.535. The summed E-state index contributed by atoms with van der Waals surface area (Å²) in [7, 11) is 0. The van der Waals surface area contributed by atoms with Crippen LogP contribution in [0.25, 0.3) is 0 Å². The summed E-state index contributed by atoms with van der Waals surface area (Å²) in [5.41, 5.74) is -0.0716. The predicted octanol–water partition coefficient (Wildman–Crippen LogP) is 3.31. The number of halogens is 3. The highest BCUT2D eigenvalue weighted by Crippen LogP contribution is 2.28. The van der Waals surface area contributed by atoms with Gasteiger partial charge in [0.05, 0.1) is 11.9 Å². The Hall–Kier alpha value is -1.30. The van der Waals surface area contributed by atoms with Crippen LogP contribution < -0.4 is 10.2 Å². The maximum atomic E-state index is 12.6. The molecule has 2 rings (SSSR count). The molecule has 0 radical (unpaired) electrons. The van der Waals surface area contributed by atoms with Crippen LogP contribution in [0, 0.1) is 5.92 Å². The second-order valence-corrected chi connectivity index (χ2v) is 5.65. The number of hydrogen-bond acceptors (Lipinski definition) is 3. The van der Waals surface area contributed by atoms with E-state index < -0.39 is 11.9 Å². The SMILES string of the molecule is CCC(C)C1CN(c2ccc(C(F)(F)F)nc2)CCCN1. The topological polar surface area (TPSA) is 28.2 Å². The van der Waals surface area contributed by atoms with E-state index in [0.717, 1.165) is 44.2 Å². The summed E-state index contributed by atoms with van der Waals surface area (Å²) in [6, 6.07) is 2.94. The first-order valence-electron chi connectivity index (χ1n) is 7.43. The quantitative estimate of drug-likeness (QED) is 0.928. The summed E-state index contributed by atoms with van der Waals surface area (Å²) < 4.78 is 37.7. The molecular weight excluding hydrogens is 279 g/mol. The average Bonchev–Trinajstić information content (AvgIpc) is 2.71. The van der Waals surface area contributed by atoms with Crippen LogP contribution in [0.4, 0.5) is 18.9 Å². The largest absolute Gasteiger partial charge is 0.433 e. The lowest BCUT2D eigenvalue weighted by Gasteiger charge is -2.29. The first-order valence-corrected chi connectivity index (χ1v) is 7.43. The molecule has 1 saturated heterocycles. The fourth-order valence-electron chi connectivity index (χ4n) is 2.59. The Morgan fingerprint density at radius 3 is 2.76 bits per heavy atom. The highest BCUT2D eigenvalue weighted by atomic mass is 19.4. The monoisotopic (exact) mass is 301 g/mol. The molecule has 0 saturated carbocycles. The van der Waals surface area contributed by atoms with E-state index >= 15 is 0 Å². The van der Waals surface area contributed by atoms with Crippen molar-refractivity contribution in [2.75, 3.05) is 24.5 Å². The van der Waals surface area contributed by atoms with E-state index in [0.29, 0.717) is 12.0 Å². The number of aromatic nitrogens is 1. The normalized spacial score (nSPS) is 22.0. The second-order valence-electron chi connectivity index (χ2n) is 5.65. The van der Waals surface area contributed by atoms with Gasteiger partial charge in [0, 0.05) is 19.1 Å². The number of nitrogens with zero attached hydrogens (tertiary/aromatic N) is 2. The fourth-order valence-corrected chi connectivity index (χ4v) is 2.59. The summed E-state index contributed by atoms with van der Waals surface area (Å²) in [6.45, 7) is 6.95. The van der Waals surface area contributed by atoms with Gasteiger partial charge in [-0.05, 0) is 31.0 Å². The van der Waals surface area contributed by atoms with Crippen molar-refractivity contribution in [2.45, 2.75) is 38.9 Å². The van der Waals surface area contributed by atoms with E-state index in [4.69, 9.17) is 0 Å². The van der Waals surface area contributed by atoms with Crippen LogP contribution in [0.2, 0.25) is 0 Å². The van der Waals surface area contributed by atoms with Crippen LogP contribution in [-0.4, -0.2) is 30.7 Å². The molecule has 2 atom stereocenters. The average molecular weight is 301 g/mol. The van der Waals surface area contributed by atoms with Crippen molar-refractivity contribution in [1.82, 2.24) is 10.3 Å². The van der Waals surface area contributed by atoms with Gasteiger partial charge in [-0.2, -0.15) is 13.2 Å². The van der Waals surface area contributed by atoms with Crippen LogP contribution in [0.1, 0.15) is 32.4 Å². The van der Waals surface area contributed by atoms with Crippen LogP contribution in [0.3, 0.4) is 0 Å². The van der Waals surface area contributed by atoms with Gasteiger partial charge in [0.2, 0.25) is 0 Å². The van der Waals surface area contributed by atoms with E-state index in [1.165, 1.54) is 12.3 Å². The van der Waals surface area contributed by atoms with Gasteiger partial charge in [-0.3, -0.25) is 0 Å². The highest BCUT2D eigenvalue weighted by molar-refractivity contribution is 5.45. The molecule has 1 aromatic heterocycles. The number of rotatable bonds is 3. The van der Waals surface area contributed by atoms with E-state index in [9.17, 15) is 13.2 Å². The Kier molecular flexibility index (Phi) is 5.08. The first kappa shape index (κ1) is 16.1. The van der Waals surface area contributed by atoms with Crippen molar-refractivity contribution in [3.05, 3.63) is 24.0 Å². The molecule has 2 unspecified atom stereocenters. The number of nitrogens with one attached hydrogen (secondary N) is 1. The molecule has 1 aliphatic rings.